The molecular weight excluding hydrogens is 420 g/mol. The van der Waals surface area contributed by atoms with Crippen LogP contribution in [-0.2, 0) is 11.4 Å². The number of ether oxygens (including phenoxy) is 2. The molecule has 0 saturated carbocycles. The SMILES string of the molecule is CC[C@H](C)NC(=O)/C(C#N)=C/c1cc(OC)c(OCc2ccccc2)cc1Br. The van der Waals surface area contributed by atoms with Crippen LogP contribution < -0.4 is 14.8 Å². The van der Waals surface area contributed by atoms with E-state index in [4.69, 9.17) is 9.47 Å². The van der Waals surface area contributed by atoms with E-state index in [1.165, 1.54) is 6.08 Å². The summed E-state index contributed by atoms with van der Waals surface area (Å²) in [7, 11) is 1.55. The van der Waals surface area contributed by atoms with E-state index in [0.717, 1.165) is 12.0 Å². The zero-order chi connectivity index (χ0) is 20.5. The van der Waals surface area contributed by atoms with Gasteiger partial charge in [0.25, 0.3) is 5.91 Å². The quantitative estimate of drug-likeness (QED) is 0.467. The van der Waals surface area contributed by atoms with Gasteiger partial charge in [-0.2, -0.15) is 5.26 Å². The molecular formula is C22H23BrN2O3. The predicted octanol–water partition coefficient (Wildman–Crippen LogP) is 4.86. The summed E-state index contributed by atoms with van der Waals surface area (Å²) >= 11 is 3.49. The largest absolute Gasteiger partial charge is 0.493 e. The molecule has 0 bridgehead atoms. The third-order valence-electron chi connectivity index (χ3n) is 4.17. The lowest BCUT2D eigenvalue weighted by molar-refractivity contribution is -0.117. The van der Waals surface area contributed by atoms with E-state index in [2.05, 4.69) is 21.2 Å². The summed E-state index contributed by atoms with van der Waals surface area (Å²) in [5.74, 6) is 0.690. The van der Waals surface area contributed by atoms with Crippen molar-refractivity contribution in [2.75, 3.05) is 7.11 Å². The number of amides is 1. The third-order valence-corrected chi connectivity index (χ3v) is 4.86. The van der Waals surface area contributed by atoms with Gasteiger partial charge >= 0.3 is 0 Å². The van der Waals surface area contributed by atoms with E-state index in [0.29, 0.717) is 28.1 Å². The molecule has 2 aromatic rings. The molecule has 2 rings (SSSR count). The second-order valence-electron chi connectivity index (χ2n) is 6.25. The summed E-state index contributed by atoms with van der Waals surface area (Å²) in [5, 5.41) is 12.2. The van der Waals surface area contributed by atoms with Crippen molar-refractivity contribution in [3.63, 3.8) is 0 Å². The van der Waals surface area contributed by atoms with E-state index in [1.54, 1.807) is 19.2 Å². The summed E-state index contributed by atoms with van der Waals surface area (Å²) in [6, 6.07) is 15.3. The van der Waals surface area contributed by atoms with Crippen LogP contribution in [0.5, 0.6) is 11.5 Å². The van der Waals surface area contributed by atoms with Crippen LogP contribution in [0, 0.1) is 11.3 Å². The number of methoxy groups -OCH3 is 1. The van der Waals surface area contributed by atoms with E-state index >= 15 is 0 Å². The molecule has 0 saturated heterocycles. The van der Waals surface area contributed by atoms with Crippen molar-refractivity contribution >= 4 is 27.9 Å². The fourth-order valence-corrected chi connectivity index (χ4v) is 2.81. The van der Waals surface area contributed by atoms with Gasteiger partial charge in [0.15, 0.2) is 11.5 Å². The smallest absolute Gasteiger partial charge is 0.262 e. The summed E-state index contributed by atoms with van der Waals surface area (Å²) in [5.41, 5.74) is 1.72. The normalized spacial score (nSPS) is 12.0. The van der Waals surface area contributed by atoms with Crippen molar-refractivity contribution in [2.24, 2.45) is 0 Å². The Hall–Kier alpha value is -2.78. The highest BCUT2D eigenvalue weighted by Crippen LogP contribution is 2.35. The molecule has 0 aromatic heterocycles. The minimum atomic E-state index is -0.396. The summed E-state index contributed by atoms with van der Waals surface area (Å²) in [6.45, 7) is 4.26. The van der Waals surface area contributed by atoms with Crippen LogP contribution in [0.15, 0.2) is 52.5 Å². The highest BCUT2D eigenvalue weighted by atomic mass is 79.9. The highest BCUT2D eigenvalue weighted by Gasteiger charge is 2.14. The molecule has 6 heteroatoms. The second-order valence-corrected chi connectivity index (χ2v) is 7.11. The first-order chi connectivity index (χ1) is 13.5. The van der Waals surface area contributed by atoms with E-state index in [9.17, 15) is 10.1 Å². The number of carbonyl (C=O) groups is 1. The lowest BCUT2D eigenvalue weighted by Gasteiger charge is -2.14. The van der Waals surface area contributed by atoms with Crippen LogP contribution in [-0.4, -0.2) is 19.1 Å². The number of hydrogen-bond donors (Lipinski definition) is 1. The molecule has 146 valence electrons. The molecule has 0 heterocycles. The van der Waals surface area contributed by atoms with Crippen molar-refractivity contribution in [3.05, 3.63) is 63.6 Å². The minimum Gasteiger partial charge on any atom is -0.493 e. The van der Waals surface area contributed by atoms with Crippen LogP contribution in [0.2, 0.25) is 0 Å². The molecule has 0 spiro atoms. The van der Waals surface area contributed by atoms with Gasteiger partial charge in [-0.3, -0.25) is 4.79 Å². The number of rotatable bonds is 8. The Labute approximate surface area is 174 Å². The van der Waals surface area contributed by atoms with Crippen molar-refractivity contribution in [2.45, 2.75) is 32.9 Å². The van der Waals surface area contributed by atoms with Gasteiger partial charge in [0, 0.05) is 10.5 Å². The highest BCUT2D eigenvalue weighted by molar-refractivity contribution is 9.10. The topological polar surface area (TPSA) is 71.4 Å². The second kappa shape index (κ2) is 10.5. The number of halogens is 1. The van der Waals surface area contributed by atoms with Gasteiger partial charge < -0.3 is 14.8 Å². The van der Waals surface area contributed by atoms with Gasteiger partial charge in [0.05, 0.1) is 7.11 Å². The molecule has 0 unspecified atom stereocenters. The molecule has 0 radical (unpaired) electrons. The molecule has 0 aliphatic carbocycles. The van der Waals surface area contributed by atoms with Crippen LogP contribution in [0.3, 0.4) is 0 Å². The van der Waals surface area contributed by atoms with Crippen LogP contribution in [0.25, 0.3) is 6.08 Å². The Kier molecular flexibility index (Phi) is 8.09. The van der Waals surface area contributed by atoms with E-state index in [-0.39, 0.29) is 11.6 Å². The Morgan fingerprint density at radius 1 is 1.29 bits per heavy atom. The molecule has 28 heavy (non-hydrogen) atoms. The monoisotopic (exact) mass is 442 g/mol. The Bertz CT molecular complexity index is 889. The maximum absolute atomic E-state index is 12.3. The first-order valence-corrected chi connectivity index (χ1v) is 9.74. The lowest BCUT2D eigenvalue weighted by Crippen LogP contribution is -2.32. The number of benzene rings is 2. The molecule has 1 N–H and O–H groups in total. The molecule has 0 fully saturated rings. The number of hydrogen-bond acceptors (Lipinski definition) is 4. The van der Waals surface area contributed by atoms with Gasteiger partial charge in [-0.25, -0.2) is 0 Å². The maximum atomic E-state index is 12.3. The number of nitriles is 1. The standard InChI is InChI=1S/C22H23BrN2O3/c1-4-15(2)25-22(26)18(13-24)10-17-11-20(27-3)21(12-19(17)23)28-14-16-8-6-5-7-9-16/h5-12,15H,4,14H2,1-3H3,(H,25,26)/b18-10+/t15-/m0/s1. The van der Waals surface area contributed by atoms with Gasteiger partial charge in [-0.15, -0.1) is 0 Å². The molecule has 5 nitrogen and oxygen atoms in total. The van der Waals surface area contributed by atoms with Crippen molar-refractivity contribution < 1.29 is 14.3 Å². The van der Waals surface area contributed by atoms with Crippen LogP contribution in [0.1, 0.15) is 31.4 Å². The van der Waals surface area contributed by atoms with Gasteiger partial charge in [-0.05, 0) is 42.7 Å². The average Bonchev–Trinajstić information content (AvgIpc) is 2.71. The van der Waals surface area contributed by atoms with Crippen molar-refractivity contribution in [1.82, 2.24) is 5.32 Å². The molecule has 1 atom stereocenters. The predicted molar refractivity (Wildman–Crippen MR) is 113 cm³/mol. The Balaban J connectivity index is 2.26. The Morgan fingerprint density at radius 3 is 2.61 bits per heavy atom. The Morgan fingerprint density at radius 2 is 2.00 bits per heavy atom. The van der Waals surface area contributed by atoms with Crippen molar-refractivity contribution in [3.8, 4) is 17.6 Å². The van der Waals surface area contributed by atoms with E-state index in [1.807, 2.05) is 50.2 Å². The summed E-state index contributed by atoms with van der Waals surface area (Å²) in [6.07, 6.45) is 2.32. The fourth-order valence-electron chi connectivity index (χ4n) is 2.38. The minimum absolute atomic E-state index is 0.00371. The van der Waals surface area contributed by atoms with Crippen molar-refractivity contribution in [1.29, 1.82) is 5.26 Å². The average molecular weight is 443 g/mol. The fraction of sp³-hybridized carbons (Fsp3) is 0.273. The molecule has 0 aliphatic rings. The number of nitrogens with zero attached hydrogens (tertiary/aromatic N) is 1. The summed E-state index contributed by atoms with van der Waals surface area (Å²) in [4.78, 5) is 12.3. The molecule has 2 aromatic carbocycles. The van der Waals surface area contributed by atoms with Crippen LogP contribution in [0.4, 0.5) is 0 Å². The summed E-state index contributed by atoms with van der Waals surface area (Å²) < 4.78 is 12.0. The van der Waals surface area contributed by atoms with Gasteiger partial charge in [-0.1, -0.05) is 53.2 Å². The molecule has 1 amide bonds. The first-order valence-electron chi connectivity index (χ1n) is 8.95. The maximum Gasteiger partial charge on any atom is 0.262 e. The molecule has 0 aliphatic heterocycles. The lowest BCUT2D eigenvalue weighted by atomic mass is 10.1. The van der Waals surface area contributed by atoms with E-state index < -0.39 is 5.91 Å². The third kappa shape index (κ3) is 5.86. The van der Waals surface area contributed by atoms with Gasteiger partial charge in [0.2, 0.25) is 0 Å². The number of carbonyl (C=O) groups excluding carboxylic acids is 1. The van der Waals surface area contributed by atoms with Crippen LogP contribution >= 0.6 is 15.9 Å². The zero-order valence-electron chi connectivity index (χ0n) is 16.2. The first kappa shape index (κ1) is 21.5. The number of nitrogens with one attached hydrogen (secondary N) is 1. The van der Waals surface area contributed by atoms with Gasteiger partial charge in [0.1, 0.15) is 18.2 Å². The zero-order valence-corrected chi connectivity index (χ0v) is 17.7.